The molecule has 6 heteroatoms. The Labute approximate surface area is 123 Å². The van der Waals surface area contributed by atoms with E-state index in [0.29, 0.717) is 24.5 Å². The molecule has 0 saturated carbocycles. The number of methoxy groups -OCH3 is 1. The summed E-state index contributed by atoms with van der Waals surface area (Å²) in [5, 5.41) is 2.68. The van der Waals surface area contributed by atoms with Crippen LogP contribution in [-0.4, -0.2) is 37.8 Å². The van der Waals surface area contributed by atoms with E-state index in [-0.39, 0.29) is 0 Å². The lowest BCUT2D eigenvalue weighted by Crippen LogP contribution is -2.34. The van der Waals surface area contributed by atoms with Crippen LogP contribution in [0.25, 0.3) is 0 Å². The van der Waals surface area contributed by atoms with Crippen LogP contribution < -0.4 is 10.1 Å². The molecule has 1 amide bonds. The van der Waals surface area contributed by atoms with Crippen LogP contribution in [0, 0.1) is 0 Å². The van der Waals surface area contributed by atoms with Crippen LogP contribution in [0.3, 0.4) is 0 Å². The van der Waals surface area contributed by atoms with Crippen molar-refractivity contribution < 1.29 is 23.8 Å². The highest BCUT2D eigenvalue weighted by atomic mass is 16.6. The Bertz CT molecular complexity index is 511. The number of para-hydroxylation sites is 2. The summed E-state index contributed by atoms with van der Waals surface area (Å²) in [7, 11) is 1.52. The first-order valence-electron chi connectivity index (χ1n) is 6.88. The Morgan fingerprint density at radius 1 is 1.38 bits per heavy atom. The van der Waals surface area contributed by atoms with Gasteiger partial charge >= 0.3 is 5.97 Å². The maximum absolute atomic E-state index is 12.0. The molecular formula is C15H19NO5. The molecule has 0 aromatic heterocycles. The Morgan fingerprint density at radius 3 is 2.81 bits per heavy atom. The lowest BCUT2D eigenvalue weighted by atomic mass is 10.2. The minimum absolute atomic E-state index is 0.411. The fourth-order valence-corrected chi connectivity index (χ4v) is 2.05. The molecule has 21 heavy (non-hydrogen) atoms. The summed E-state index contributed by atoms with van der Waals surface area (Å²) in [6.45, 7) is 2.08. The van der Waals surface area contributed by atoms with Crippen LogP contribution in [0.4, 0.5) is 5.69 Å². The van der Waals surface area contributed by atoms with Gasteiger partial charge in [0.25, 0.3) is 5.91 Å². The number of benzene rings is 1. The predicted molar refractivity (Wildman–Crippen MR) is 76.2 cm³/mol. The molecule has 0 radical (unpaired) electrons. The Hall–Kier alpha value is -2.08. The van der Waals surface area contributed by atoms with Gasteiger partial charge in [0.1, 0.15) is 5.75 Å². The van der Waals surface area contributed by atoms with Gasteiger partial charge in [-0.3, -0.25) is 4.79 Å². The van der Waals surface area contributed by atoms with E-state index in [1.165, 1.54) is 14.0 Å². The molecule has 0 unspecified atom stereocenters. The number of hydrogen-bond acceptors (Lipinski definition) is 5. The van der Waals surface area contributed by atoms with Gasteiger partial charge in [0, 0.05) is 6.61 Å². The fourth-order valence-electron chi connectivity index (χ4n) is 2.05. The number of ether oxygens (including phenoxy) is 3. The molecule has 2 rings (SSSR count). The molecule has 1 aliphatic heterocycles. The van der Waals surface area contributed by atoms with Gasteiger partial charge in [-0.2, -0.15) is 0 Å². The minimum Gasteiger partial charge on any atom is -0.495 e. The average Bonchev–Trinajstić information content (AvgIpc) is 3.02. The van der Waals surface area contributed by atoms with Crippen molar-refractivity contribution in [2.45, 2.75) is 32.0 Å². The lowest BCUT2D eigenvalue weighted by Gasteiger charge is -2.16. The first-order valence-corrected chi connectivity index (χ1v) is 6.88. The summed E-state index contributed by atoms with van der Waals surface area (Å²) in [5.41, 5.74) is 0.532. The Kier molecular flexibility index (Phi) is 5.16. The third-order valence-electron chi connectivity index (χ3n) is 3.22. The molecule has 1 heterocycles. The van der Waals surface area contributed by atoms with Crippen molar-refractivity contribution in [2.75, 3.05) is 19.0 Å². The van der Waals surface area contributed by atoms with Crippen molar-refractivity contribution in [3.05, 3.63) is 24.3 Å². The summed E-state index contributed by atoms with van der Waals surface area (Å²) in [5.74, 6) is -0.357. The van der Waals surface area contributed by atoms with Crippen LogP contribution in [0.1, 0.15) is 19.8 Å². The molecule has 1 saturated heterocycles. The minimum atomic E-state index is -0.897. The van der Waals surface area contributed by atoms with Crippen molar-refractivity contribution in [3.63, 3.8) is 0 Å². The molecule has 114 valence electrons. The zero-order valence-electron chi connectivity index (χ0n) is 12.1. The number of hydrogen-bond donors (Lipinski definition) is 1. The normalized spacial score (nSPS) is 18.9. The van der Waals surface area contributed by atoms with Gasteiger partial charge in [-0.15, -0.1) is 0 Å². The fraction of sp³-hybridized carbons (Fsp3) is 0.467. The number of amides is 1. The topological polar surface area (TPSA) is 73.9 Å². The quantitative estimate of drug-likeness (QED) is 0.837. The zero-order chi connectivity index (χ0) is 15.2. The maximum Gasteiger partial charge on any atom is 0.336 e. The average molecular weight is 293 g/mol. The van der Waals surface area contributed by atoms with E-state index in [0.717, 1.165) is 6.42 Å². The molecule has 1 aliphatic rings. The number of esters is 1. The van der Waals surface area contributed by atoms with E-state index in [1.807, 2.05) is 0 Å². The summed E-state index contributed by atoms with van der Waals surface area (Å²) in [6, 6.07) is 7.03. The maximum atomic E-state index is 12.0. The van der Waals surface area contributed by atoms with E-state index in [2.05, 4.69) is 5.32 Å². The first-order chi connectivity index (χ1) is 10.1. The van der Waals surface area contributed by atoms with Gasteiger partial charge in [-0.05, 0) is 31.9 Å². The van der Waals surface area contributed by atoms with E-state index in [9.17, 15) is 9.59 Å². The first kappa shape index (κ1) is 15.3. The zero-order valence-corrected chi connectivity index (χ0v) is 12.1. The molecule has 1 fully saturated rings. The largest absolute Gasteiger partial charge is 0.495 e. The standard InChI is InChI=1S/C15H19NO5/c1-10(21-15(18)13-8-5-9-20-13)14(17)16-11-6-3-4-7-12(11)19-2/h3-4,6-7,10,13H,5,8-9H2,1-2H3,(H,16,17)/t10-,13-/m1/s1. The highest BCUT2D eigenvalue weighted by Gasteiger charge is 2.28. The number of anilines is 1. The number of rotatable bonds is 5. The van der Waals surface area contributed by atoms with Crippen LogP contribution in [0.15, 0.2) is 24.3 Å². The van der Waals surface area contributed by atoms with E-state index in [4.69, 9.17) is 14.2 Å². The Balaban J connectivity index is 1.91. The van der Waals surface area contributed by atoms with Crippen molar-refractivity contribution >= 4 is 17.6 Å². The van der Waals surface area contributed by atoms with Crippen LogP contribution in [-0.2, 0) is 19.1 Å². The third kappa shape index (κ3) is 3.95. The van der Waals surface area contributed by atoms with Gasteiger partial charge in [0.2, 0.25) is 0 Å². The van der Waals surface area contributed by atoms with Crippen molar-refractivity contribution in [3.8, 4) is 5.75 Å². The van der Waals surface area contributed by atoms with Gasteiger partial charge in [0.15, 0.2) is 12.2 Å². The van der Waals surface area contributed by atoms with Crippen LogP contribution >= 0.6 is 0 Å². The number of nitrogens with one attached hydrogen (secondary N) is 1. The second kappa shape index (κ2) is 7.08. The summed E-state index contributed by atoms with van der Waals surface area (Å²) < 4.78 is 15.5. The molecular weight excluding hydrogens is 274 g/mol. The van der Waals surface area contributed by atoms with Gasteiger partial charge < -0.3 is 19.5 Å². The monoisotopic (exact) mass is 293 g/mol. The molecule has 0 spiro atoms. The van der Waals surface area contributed by atoms with Crippen LogP contribution in [0.2, 0.25) is 0 Å². The smallest absolute Gasteiger partial charge is 0.336 e. The highest BCUT2D eigenvalue weighted by Crippen LogP contribution is 2.23. The van der Waals surface area contributed by atoms with Crippen LogP contribution in [0.5, 0.6) is 5.75 Å². The predicted octanol–water partition coefficient (Wildman–Crippen LogP) is 1.74. The molecule has 2 atom stereocenters. The Morgan fingerprint density at radius 2 is 2.14 bits per heavy atom. The molecule has 6 nitrogen and oxygen atoms in total. The highest BCUT2D eigenvalue weighted by molar-refractivity contribution is 5.96. The SMILES string of the molecule is COc1ccccc1NC(=O)[C@@H](C)OC(=O)[C@H]1CCCO1. The molecule has 1 aromatic carbocycles. The number of carbonyl (C=O) groups is 2. The second-order valence-electron chi connectivity index (χ2n) is 4.77. The number of carbonyl (C=O) groups excluding carboxylic acids is 2. The summed E-state index contributed by atoms with van der Waals surface area (Å²) in [6.07, 6.45) is 0.0273. The summed E-state index contributed by atoms with van der Waals surface area (Å²) >= 11 is 0. The molecule has 1 N–H and O–H groups in total. The second-order valence-corrected chi connectivity index (χ2v) is 4.77. The lowest BCUT2D eigenvalue weighted by molar-refractivity contribution is -0.162. The molecule has 1 aromatic rings. The van der Waals surface area contributed by atoms with Gasteiger partial charge in [0.05, 0.1) is 12.8 Å². The van der Waals surface area contributed by atoms with E-state index >= 15 is 0 Å². The van der Waals surface area contributed by atoms with Gasteiger partial charge in [-0.25, -0.2) is 4.79 Å². The molecule has 0 aliphatic carbocycles. The van der Waals surface area contributed by atoms with Gasteiger partial charge in [-0.1, -0.05) is 12.1 Å². The van der Waals surface area contributed by atoms with Crippen molar-refractivity contribution in [1.82, 2.24) is 0 Å². The third-order valence-corrected chi connectivity index (χ3v) is 3.22. The van der Waals surface area contributed by atoms with Crippen molar-refractivity contribution in [2.24, 2.45) is 0 Å². The molecule has 0 bridgehead atoms. The van der Waals surface area contributed by atoms with E-state index < -0.39 is 24.1 Å². The van der Waals surface area contributed by atoms with Crippen molar-refractivity contribution in [1.29, 1.82) is 0 Å². The summed E-state index contributed by atoms with van der Waals surface area (Å²) in [4.78, 5) is 23.8. The van der Waals surface area contributed by atoms with E-state index in [1.54, 1.807) is 24.3 Å².